The number of nitriles is 1. The highest BCUT2D eigenvalue weighted by Crippen LogP contribution is 2.28. The predicted octanol–water partition coefficient (Wildman–Crippen LogP) is 3.79. The van der Waals surface area contributed by atoms with Crippen LogP contribution in [0.4, 0.5) is 17.2 Å². The fourth-order valence-electron chi connectivity index (χ4n) is 3.31. The zero-order chi connectivity index (χ0) is 26.8. The van der Waals surface area contributed by atoms with E-state index in [4.69, 9.17) is 14.2 Å². The molecule has 3 aromatic rings. The summed E-state index contributed by atoms with van der Waals surface area (Å²) in [6.07, 6.45) is 1.52. The average molecular weight is 505 g/mol. The van der Waals surface area contributed by atoms with Crippen LogP contribution in [0.15, 0.2) is 53.6 Å². The van der Waals surface area contributed by atoms with Crippen LogP contribution in [0.2, 0.25) is 0 Å². The second-order valence-corrected chi connectivity index (χ2v) is 7.62. The molecule has 0 aliphatic carbocycles. The standard InChI is InChI=1S/C25H24N6O6/c1-16-9-18(14-35-2)21(12-26)25(28-16)30-27-13-17-7-8-22(23(10-17)36-3)37-15-24(32)29-19-5-4-6-20(11-19)31(33)34/h4-11,13H,14-15H2,1-3H3,(H,28,30)(H,29,32)/b27-13+. The highest BCUT2D eigenvalue weighted by Gasteiger charge is 2.12. The number of rotatable bonds is 11. The van der Waals surface area contributed by atoms with E-state index >= 15 is 0 Å². The van der Waals surface area contributed by atoms with Gasteiger partial charge in [-0.3, -0.25) is 20.3 Å². The molecule has 12 nitrogen and oxygen atoms in total. The molecule has 12 heteroatoms. The van der Waals surface area contributed by atoms with Gasteiger partial charge in [0.2, 0.25) is 0 Å². The molecule has 0 atom stereocenters. The number of pyridine rings is 1. The van der Waals surface area contributed by atoms with Crippen molar-refractivity contribution < 1.29 is 23.9 Å². The molecule has 0 saturated heterocycles. The van der Waals surface area contributed by atoms with Crippen LogP contribution in [0.5, 0.6) is 11.5 Å². The molecule has 0 aliphatic heterocycles. The Morgan fingerprint density at radius 1 is 1.22 bits per heavy atom. The SMILES string of the molecule is COCc1cc(C)nc(N/N=C/c2ccc(OCC(=O)Nc3cccc([N+](=O)[O-])c3)c(OC)c2)c1C#N. The molecule has 0 saturated carbocycles. The van der Waals surface area contributed by atoms with Gasteiger partial charge >= 0.3 is 0 Å². The number of aryl methyl sites for hydroxylation is 1. The third-order valence-corrected chi connectivity index (χ3v) is 4.91. The smallest absolute Gasteiger partial charge is 0.271 e. The van der Waals surface area contributed by atoms with E-state index in [1.807, 2.05) is 6.92 Å². The normalized spacial score (nSPS) is 10.5. The topological polar surface area (TPSA) is 161 Å². The number of hydrogen-bond donors (Lipinski definition) is 2. The summed E-state index contributed by atoms with van der Waals surface area (Å²) < 4.78 is 16.1. The van der Waals surface area contributed by atoms with Crippen molar-refractivity contribution in [3.63, 3.8) is 0 Å². The summed E-state index contributed by atoms with van der Waals surface area (Å²) in [6.45, 7) is 1.74. The average Bonchev–Trinajstić information content (AvgIpc) is 2.88. The van der Waals surface area contributed by atoms with Crippen molar-refractivity contribution in [2.75, 3.05) is 31.6 Å². The van der Waals surface area contributed by atoms with Gasteiger partial charge in [0.25, 0.3) is 11.6 Å². The van der Waals surface area contributed by atoms with Crippen LogP contribution in [0.3, 0.4) is 0 Å². The van der Waals surface area contributed by atoms with Gasteiger partial charge < -0.3 is 19.5 Å². The number of carbonyl (C=O) groups is 1. The van der Waals surface area contributed by atoms with Crippen molar-refractivity contribution in [3.8, 4) is 17.6 Å². The maximum Gasteiger partial charge on any atom is 0.271 e. The number of aromatic nitrogens is 1. The summed E-state index contributed by atoms with van der Waals surface area (Å²) >= 11 is 0. The van der Waals surface area contributed by atoms with Gasteiger partial charge in [-0.25, -0.2) is 4.98 Å². The fraction of sp³-hybridized carbons (Fsp3) is 0.200. The van der Waals surface area contributed by atoms with E-state index in [0.29, 0.717) is 39.7 Å². The van der Waals surface area contributed by atoms with E-state index in [-0.39, 0.29) is 24.6 Å². The lowest BCUT2D eigenvalue weighted by Crippen LogP contribution is -2.20. The molecule has 1 amide bonds. The number of nitro benzene ring substituents is 1. The Hall–Kier alpha value is -5.02. The van der Waals surface area contributed by atoms with Crippen molar-refractivity contribution in [3.05, 3.63) is 81.0 Å². The summed E-state index contributed by atoms with van der Waals surface area (Å²) in [7, 11) is 3.00. The summed E-state index contributed by atoms with van der Waals surface area (Å²) in [6, 6.07) is 14.5. The van der Waals surface area contributed by atoms with E-state index < -0.39 is 10.8 Å². The Bertz CT molecular complexity index is 1370. The second-order valence-electron chi connectivity index (χ2n) is 7.62. The van der Waals surface area contributed by atoms with E-state index in [1.54, 1.807) is 31.4 Å². The number of hydrogen-bond acceptors (Lipinski definition) is 10. The van der Waals surface area contributed by atoms with Crippen molar-refractivity contribution >= 4 is 29.3 Å². The lowest BCUT2D eigenvalue weighted by Gasteiger charge is -2.12. The quantitative estimate of drug-likeness (QED) is 0.225. The van der Waals surface area contributed by atoms with Gasteiger partial charge in [0.1, 0.15) is 11.6 Å². The number of hydrazone groups is 1. The van der Waals surface area contributed by atoms with Crippen molar-refractivity contribution in [1.29, 1.82) is 5.26 Å². The highest BCUT2D eigenvalue weighted by atomic mass is 16.6. The molecule has 0 spiro atoms. The van der Waals surface area contributed by atoms with Gasteiger partial charge in [-0.15, -0.1) is 0 Å². The molecule has 0 bridgehead atoms. The number of anilines is 2. The molecular formula is C25H24N6O6. The zero-order valence-corrected chi connectivity index (χ0v) is 20.3. The molecule has 2 N–H and O–H groups in total. The van der Waals surface area contributed by atoms with Crippen LogP contribution < -0.4 is 20.2 Å². The molecular weight excluding hydrogens is 480 g/mol. The number of amides is 1. The zero-order valence-electron chi connectivity index (χ0n) is 20.3. The van der Waals surface area contributed by atoms with Gasteiger partial charge in [0, 0.05) is 36.2 Å². The lowest BCUT2D eigenvalue weighted by molar-refractivity contribution is -0.384. The second kappa shape index (κ2) is 12.6. The van der Waals surface area contributed by atoms with Crippen LogP contribution >= 0.6 is 0 Å². The van der Waals surface area contributed by atoms with E-state index in [2.05, 4.69) is 26.9 Å². The number of nitrogens with zero attached hydrogens (tertiary/aromatic N) is 4. The van der Waals surface area contributed by atoms with Crippen molar-refractivity contribution in [2.24, 2.45) is 5.10 Å². The van der Waals surface area contributed by atoms with Gasteiger partial charge in [0.15, 0.2) is 23.9 Å². The minimum absolute atomic E-state index is 0.135. The molecule has 0 fully saturated rings. The summed E-state index contributed by atoms with van der Waals surface area (Å²) in [5, 5.41) is 27.1. The lowest BCUT2D eigenvalue weighted by atomic mass is 10.1. The third kappa shape index (κ3) is 7.23. The third-order valence-electron chi connectivity index (χ3n) is 4.91. The first-order valence-electron chi connectivity index (χ1n) is 10.9. The molecule has 0 unspecified atom stereocenters. The Morgan fingerprint density at radius 2 is 2.03 bits per heavy atom. The van der Waals surface area contributed by atoms with Crippen LogP contribution in [0.25, 0.3) is 0 Å². The minimum Gasteiger partial charge on any atom is -0.493 e. The molecule has 1 heterocycles. The number of non-ortho nitro benzene ring substituents is 1. The molecule has 190 valence electrons. The van der Waals surface area contributed by atoms with Crippen LogP contribution in [0.1, 0.15) is 22.4 Å². The van der Waals surface area contributed by atoms with Gasteiger partial charge in [-0.05, 0) is 42.8 Å². The van der Waals surface area contributed by atoms with Crippen molar-refractivity contribution in [2.45, 2.75) is 13.5 Å². The summed E-state index contributed by atoms with van der Waals surface area (Å²) in [5.74, 6) is 0.496. The Balaban J connectivity index is 1.65. The summed E-state index contributed by atoms with van der Waals surface area (Å²) in [4.78, 5) is 26.9. The van der Waals surface area contributed by atoms with Crippen LogP contribution in [-0.4, -0.2) is 42.9 Å². The number of benzene rings is 2. The van der Waals surface area contributed by atoms with Crippen molar-refractivity contribution in [1.82, 2.24) is 4.98 Å². The monoisotopic (exact) mass is 504 g/mol. The molecule has 1 aromatic heterocycles. The first-order valence-corrected chi connectivity index (χ1v) is 10.9. The van der Waals surface area contributed by atoms with Crippen LogP contribution in [-0.2, 0) is 16.1 Å². The minimum atomic E-state index is -0.546. The number of nitrogens with one attached hydrogen (secondary N) is 2. The summed E-state index contributed by atoms with van der Waals surface area (Å²) in [5.41, 5.74) is 5.35. The van der Waals surface area contributed by atoms with E-state index in [0.717, 1.165) is 0 Å². The maximum atomic E-state index is 12.2. The number of nitro groups is 1. The number of carbonyl (C=O) groups excluding carboxylic acids is 1. The largest absolute Gasteiger partial charge is 0.493 e. The van der Waals surface area contributed by atoms with Gasteiger partial charge in [0.05, 0.1) is 24.9 Å². The van der Waals surface area contributed by atoms with Gasteiger partial charge in [-0.2, -0.15) is 10.4 Å². The first kappa shape index (κ1) is 26.6. The molecule has 3 rings (SSSR count). The predicted molar refractivity (Wildman–Crippen MR) is 136 cm³/mol. The molecule has 0 aliphatic rings. The molecule has 2 aromatic carbocycles. The van der Waals surface area contributed by atoms with Crippen LogP contribution in [0, 0.1) is 28.4 Å². The Labute approximate surface area is 212 Å². The highest BCUT2D eigenvalue weighted by molar-refractivity contribution is 5.92. The molecule has 37 heavy (non-hydrogen) atoms. The fourth-order valence-corrected chi connectivity index (χ4v) is 3.31. The molecule has 0 radical (unpaired) electrons. The Kier molecular flexibility index (Phi) is 9.06. The van der Waals surface area contributed by atoms with Gasteiger partial charge in [-0.1, -0.05) is 6.07 Å². The first-order chi connectivity index (χ1) is 17.8. The number of ether oxygens (including phenoxy) is 3. The maximum absolute atomic E-state index is 12.2. The van der Waals surface area contributed by atoms with E-state index in [9.17, 15) is 20.2 Å². The number of methoxy groups -OCH3 is 2. The van der Waals surface area contributed by atoms with E-state index in [1.165, 1.54) is 37.6 Å². The Morgan fingerprint density at radius 3 is 2.73 bits per heavy atom.